The summed E-state index contributed by atoms with van der Waals surface area (Å²) in [6.07, 6.45) is 3.26. The van der Waals surface area contributed by atoms with Crippen LogP contribution in [0.1, 0.15) is 19.3 Å². The van der Waals surface area contributed by atoms with Crippen LogP contribution in [0, 0.1) is 5.82 Å². The van der Waals surface area contributed by atoms with Crippen LogP contribution in [0.4, 0.5) is 10.3 Å². The van der Waals surface area contributed by atoms with Gasteiger partial charge in [0.15, 0.2) is 0 Å². The summed E-state index contributed by atoms with van der Waals surface area (Å²) in [5.41, 5.74) is 7.01. The molecule has 0 bridgehead atoms. The summed E-state index contributed by atoms with van der Waals surface area (Å²) in [7, 11) is 0. The average Bonchev–Trinajstić information content (AvgIpc) is 2.76. The number of benzene rings is 1. The Labute approximate surface area is 116 Å². The van der Waals surface area contributed by atoms with Gasteiger partial charge in [-0.15, -0.1) is 0 Å². The third kappa shape index (κ3) is 2.33. The minimum atomic E-state index is -0.357. The van der Waals surface area contributed by atoms with E-state index in [2.05, 4.69) is 4.98 Å². The van der Waals surface area contributed by atoms with Gasteiger partial charge in [-0.05, 0) is 37.5 Å². The largest absolute Gasteiger partial charge is 0.369 e. The smallest absolute Gasteiger partial charge is 0.242 e. The number of hydrogen-bond donors (Lipinski definition) is 1. The van der Waals surface area contributed by atoms with Crippen molar-refractivity contribution < 1.29 is 9.18 Å². The van der Waals surface area contributed by atoms with Crippen LogP contribution in [0.15, 0.2) is 18.2 Å². The topological polar surface area (TPSA) is 64.1 Å². The predicted octanol–water partition coefficient (Wildman–Crippen LogP) is 1.77. The summed E-state index contributed by atoms with van der Waals surface area (Å²) in [6.45, 7) is 1.70. The molecule has 1 fully saturated rings. The lowest BCUT2D eigenvalue weighted by atomic mass is 10.1. The Kier molecular flexibility index (Phi) is 3.30. The summed E-state index contributed by atoms with van der Waals surface area (Å²) in [5, 5.41) is 0. The second-order valence-corrected chi connectivity index (χ2v) is 5.13. The molecule has 1 amide bonds. The van der Waals surface area contributed by atoms with Gasteiger partial charge in [0, 0.05) is 13.1 Å². The first-order valence-corrected chi connectivity index (χ1v) is 6.84. The lowest BCUT2D eigenvalue weighted by Gasteiger charge is -2.27. The highest BCUT2D eigenvalue weighted by Crippen LogP contribution is 2.19. The maximum Gasteiger partial charge on any atom is 0.242 e. The number of anilines is 1. The molecule has 3 rings (SSSR count). The van der Waals surface area contributed by atoms with Crippen LogP contribution >= 0.6 is 0 Å². The molecule has 1 aliphatic rings. The Bertz CT molecular complexity index is 646. The van der Waals surface area contributed by atoms with Crippen molar-refractivity contribution in [1.29, 1.82) is 0 Å². The molecule has 0 unspecified atom stereocenters. The van der Waals surface area contributed by atoms with Crippen LogP contribution in [-0.4, -0.2) is 33.4 Å². The molecule has 0 radical (unpaired) electrons. The monoisotopic (exact) mass is 276 g/mol. The summed E-state index contributed by atoms with van der Waals surface area (Å²) >= 11 is 0. The van der Waals surface area contributed by atoms with E-state index in [-0.39, 0.29) is 24.2 Å². The second kappa shape index (κ2) is 5.11. The minimum absolute atomic E-state index is 0.0139. The lowest BCUT2D eigenvalue weighted by Crippen LogP contribution is -2.37. The van der Waals surface area contributed by atoms with E-state index >= 15 is 0 Å². The van der Waals surface area contributed by atoms with Crippen molar-refractivity contribution in [2.75, 3.05) is 18.8 Å². The van der Waals surface area contributed by atoms with Crippen molar-refractivity contribution in [3.05, 3.63) is 24.0 Å². The third-order valence-electron chi connectivity index (χ3n) is 3.74. The molecule has 5 nitrogen and oxygen atoms in total. The normalized spacial score (nSPS) is 15.8. The number of halogens is 1. The van der Waals surface area contributed by atoms with Crippen LogP contribution in [-0.2, 0) is 11.3 Å². The van der Waals surface area contributed by atoms with E-state index in [1.165, 1.54) is 18.6 Å². The molecule has 1 aliphatic heterocycles. The molecule has 0 atom stereocenters. The summed E-state index contributed by atoms with van der Waals surface area (Å²) < 4.78 is 14.9. The number of aromatic nitrogens is 2. The van der Waals surface area contributed by atoms with Gasteiger partial charge in [-0.2, -0.15) is 0 Å². The highest BCUT2D eigenvalue weighted by atomic mass is 19.1. The van der Waals surface area contributed by atoms with Gasteiger partial charge in [0.2, 0.25) is 11.9 Å². The van der Waals surface area contributed by atoms with E-state index < -0.39 is 0 Å². The first kappa shape index (κ1) is 12.9. The standard InChI is InChI=1S/C14H17FN4O/c15-10-4-5-11-12(8-10)19(14(16)17-11)9-13(20)18-6-2-1-3-7-18/h4-5,8H,1-3,6-7,9H2,(H2,16,17). The zero-order chi connectivity index (χ0) is 14.1. The van der Waals surface area contributed by atoms with Crippen molar-refractivity contribution in [3.8, 4) is 0 Å². The van der Waals surface area contributed by atoms with Crippen molar-refractivity contribution in [3.63, 3.8) is 0 Å². The van der Waals surface area contributed by atoms with E-state index in [1.807, 2.05) is 4.90 Å². The molecule has 0 aliphatic carbocycles. The number of likely N-dealkylation sites (tertiary alicyclic amines) is 1. The summed E-state index contributed by atoms with van der Waals surface area (Å²) in [5.74, 6) is -0.0972. The molecule has 0 saturated carbocycles. The van der Waals surface area contributed by atoms with Crippen molar-refractivity contribution in [2.45, 2.75) is 25.8 Å². The third-order valence-corrected chi connectivity index (χ3v) is 3.74. The molecule has 20 heavy (non-hydrogen) atoms. The fourth-order valence-electron chi connectivity index (χ4n) is 2.66. The Morgan fingerprint density at radius 3 is 2.80 bits per heavy atom. The van der Waals surface area contributed by atoms with E-state index in [4.69, 9.17) is 5.73 Å². The van der Waals surface area contributed by atoms with E-state index in [0.717, 1.165) is 25.9 Å². The highest BCUT2D eigenvalue weighted by Gasteiger charge is 2.19. The number of carbonyl (C=O) groups is 1. The second-order valence-electron chi connectivity index (χ2n) is 5.13. The van der Waals surface area contributed by atoms with Crippen LogP contribution in [0.3, 0.4) is 0 Å². The summed E-state index contributed by atoms with van der Waals surface area (Å²) in [4.78, 5) is 18.3. The molecule has 0 spiro atoms. The van der Waals surface area contributed by atoms with Gasteiger partial charge in [0.05, 0.1) is 11.0 Å². The molecular formula is C14H17FN4O. The Balaban J connectivity index is 1.88. The maximum atomic E-state index is 13.3. The number of nitrogen functional groups attached to an aromatic ring is 1. The van der Waals surface area contributed by atoms with Crippen LogP contribution in [0.25, 0.3) is 11.0 Å². The van der Waals surface area contributed by atoms with Crippen molar-refractivity contribution >= 4 is 22.9 Å². The van der Waals surface area contributed by atoms with Gasteiger partial charge in [-0.3, -0.25) is 4.79 Å². The number of amides is 1. The van der Waals surface area contributed by atoms with Gasteiger partial charge in [0.1, 0.15) is 12.4 Å². The number of hydrogen-bond acceptors (Lipinski definition) is 3. The first-order valence-electron chi connectivity index (χ1n) is 6.84. The molecule has 1 saturated heterocycles. The minimum Gasteiger partial charge on any atom is -0.369 e. The van der Waals surface area contributed by atoms with Gasteiger partial charge in [-0.1, -0.05) is 0 Å². The quantitative estimate of drug-likeness (QED) is 0.909. The van der Waals surface area contributed by atoms with Crippen molar-refractivity contribution in [2.24, 2.45) is 0 Å². The number of piperidine rings is 1. The van der Waals surface area contributed by atoms with Gasteiger partial charge < -0.3 is 15.2 Å². The number of imidazole rings is 1. The molecular weight excluding hydrogens is 259 g/mol. The molecule has 1 aromatic heterocycles. The Hall–Kier alpha value is -2.11. The zero-order valence-electron chi connectivity index (χ0n) is 11.2. The highest BCUT2D eigenvalue weighted by molar-refractivity contribution is 5.83. The average molecular weight is 276 g/mol. The molecule has 1 aromatic carbocycles. The number of nitrogens with two attached hydrogens (primary N) is 1. The fourth-order valence-corrected chi connectivity index (χ4v) is 2.66. The number of rotatable bonds is 2. The van der Waals surface area contributed by atoms with E-state index in [9.17, 15) is 9.18 Å². The predicted molar refractivity (Wildman–Crippen MR) is 74.5 cm³/mol. The Morgan fingerprint density at radius 2 is 2.05 bits per heavy atom. The van der Waals surface area contributed by atoms with Crippen LogP contribution in [0.2, 0.25) is 0 Å². The SMILES string of the molecule is Nc1nc2ccc(F)cc2n1CC(=O)N1CCCCC1. The number of fused-ring (bicyclic) bond motifs is 1. The van der Waals surface area contributed by atoms with E-state index in [0.29, 0.717) is 11.0 Å². The maximum absolute atomic E-state index is 13.3. The fraction of sp³-hybridized carbons (Fsp3) is 0.429. The molecule has 6 heteroatoms. The molecule has 2 aromatic rings. The first-order chi connectivity index (χ1) is 9.65. The molecule has 106 valence electrons. The Morgan fingerprint density at radius 1 is 1.30 bits per heavy atom. The zero-order valence-corrected chi connectivity index (χ0v) is 11.2. The summed E-state index contributed by atoms with van der Waals surface area (Å²) in [6, 6.07) is 4.27. The van der Waals surface area contributed by atoms with Gasteiger partial charge in [0.25, 0.3) is 0 Å². The van der Waals surface area contributed by atoms with Crippen LogP contribution < -0.4 is 5.73 Å². The lowest BCUT2D eigenvalue weighted by molar-refractivity contribution is -0.132. The van der Waals surface area contributed by atoms with E-state index in [1.54, 1.807) is 10.6 Å². The molecule has 2 heterocycles. The van der Waals surface area contributed by atoms with Gasteiger partial charge >= 0.3 is 0 Å². The van der Waals surface area contributed by atoms with Gasteiger partial charge in [-0.25, -0.2) is 9.37 Å². The van der Waals surface area contributed by atoms with Crippen molar-refractivity contribution in [1.82, 2.24) is 14.5 Å². The number of carbonyl (C=O) groups excluding carboxylic acids is 1. The van der Waals surface area contributed by atoms with Crippen LogP contribution in [0.5, 0.6) is 0 Å². The molecule has 2 N–H and O–H groups in total. The number of nitrogens with zero attached hydrogens (tertiary/aromatic N) is 3.